The molecule has 0 aliphatic heterocycles. The van der Waals surface area contributed by atoms with Crippen LogP contribution in [0.25, 0.3) is 122 Å². The predicted octanol–water partition coefficient (Wildman–Crippen LogP) is 17.9. The Balaban J connectivity index is 0.858. The first kappa shape index (κ1) is 39.4. The molecule has 2 heterocycles. The highest BCUT2D eigenvalue weighted by atomic mass is 15.0. The fourth-order valence-corrected chi connectivity index (χ4v) is 10.5. The van der Waals surface area contributed by atoms with Crippen LogP contribution in [0.1, 0.15) is 0 Å². The molecular weight excluding hydrogens is 821 g/mol. The highest BCUT2D eigenvalue weighted by molar-refractivity contribution is 6.12. The van der Waals surface area contributed by atoms with E-state index in [1.54, 1.807) is 0 Å². The van der Waals surface area contributed by atoms with Gasteiger partial charge in [-0.3, -0.25) is 0 Å². The standard InChI is InChI=1S/C66H44N2/c1-3-17-45(18-4-1)46-33-37-54(38-34-46)68-64-32-14-12-30-60(64)62-44-50(36-40-66(62)68)48-20-16-22-52(42-48)56-26-8-10-28-58(56)57-27-9-7-25-55(57)51-21-15-19-47(41-51)49-35-39-65-61(43-49)59-29-11-13-31-63(59)67(65)53-23-5-2-6-24-53/h1-44H. The van der Waals surface area contributed by atoms with Crippen molar-refractivity contribution >= 4 is 43.6 Å². The summed E-state index contributed by atoms with van der Waals surface area (Å²) in [6.07, 6.45) is 0. The number of hydrogen-bond acceptors (Lipinski definition) is 0. The van der Waals surface area contributed by atoms with Crippen molar-refractivity contribution in [3.05, 3.63) is 267 Å². The van der Waals surface area contributed by atoms with Gasteiger partial charge in [0.2, 0.25) is 0 Å². The highest BCUT2D eigenvalue weighted by Crippen LogP contribution is 2.42. The largest absolute Gasteiger partial charge is 0.309 e. The molecule has 13 aromatic rings. The molecular formula is C66H44N2. The van der Waals surface area contributed by atoms with Crippen molar-refractivity contribution in [1.29, 1.82) is 0 Å². The zero-order valence-electron chi connectivity index (χ0n) is 37.3. The number of hydrogen-bond donors (Lipinski definition) is 0. The van der Waals surface area contributed by atoms with E-state index in [9.17, 15) is 0 Å². The summed E-state index contributed by atoms with van der Waals surface area (Å²) in [6.45, 7) is 0. The Bertz CT molecular complexity index is 4000. The molecule has 0 fully saturated rings. The van der Waals surface area contributed by atoms with Crippen molar-refractivity contribution in [3.63, 3.8) is 0 Å². The lowest BCUT2D eigenvalue weighted by atomic mass is 9.88. The fraction of sp³-hybridized carbons (Fsp3) is 0. The number of benzene rings is 11. The smallest absolute Gasteiger partial charge is 0.0541 e. The number of fused-ring (bicyclic) bond motifs is 6. The molecule has 318 valence electrons. The molecule has 13 rings (SSSR count). The van der Waals surface area contributed by atoms with Crippen LogP contribution in [0.5, 0.6) is 0 Å². The van der Waals surface area contributed by atoms with E-state index < -0.39 is 0 Å². The van der Waals surface area contributed by atoms with Gasteiger partial charge in [-0.1, -0.05) is 194 Å². The second kappa shape index (κ2) is 16.5. The fourth-order valence-electron chi connectivity index (χ4n) is 10.5. The molecule has 0 saturated heterocycles. The quantitative estimate of drug-likeness (QED) is 0.144. The molecule has 0 aliphatic rings. The molecule has 2 heteroatoms. The Labute approximate surface area is 395 Å². The number of nitrogens with zero attached hydrogens (tertiary/aromatic N) is 2. The Morgan fingerprint density at radius 1 is 0.176 bits per heavy atom. The lowest BCUT2D eigenvalue weighted by molar-refractivity contribution is 1.18. The van der Waals surface area contributed by atoms with Gasteiger partial charge >= 0.3 is 0 Å². The van der Waals surface area contributed by atoms with Gasteiger partial charge < -0.3 is 9.13 Å². The summed E-state index contributed by atoms with van der Waals surface area (Å²) >= 11 is 0. The van der Waals surface area contributed by atoms with Gasteiger partial charge in [-0.05, 0) is 140 Å². The predicted molar refractivity (Wildman–Crippen MR) is 288 cm³/mol. The first-order valence-corrected chi connectivity index (χ1v) is 23.4. The maximum absolute atomic E-state index is 2.40. The molecule has 0 unspecified atom stereocenters. The van der Waals surface area contributed by atoms with Crippen molar-refractivity contribution in [2.45, 2.75) is 0 Å². The van der Waals surface area contributed by atoms with E-state index in [2.05, 4.69) is 276 Å². The van der Waals surface area contributed by atoms with Crippen LogP contribution < -0.4 is 0 Å². The van der Waals surface area contributed by atoms with Crippen molar-refractivity contribution in [3.8, 4) is 78.1 Å². The Morgan fingerprint density at radius 3 is 1.03 bits per heavy atom. The molecule has 0 radical (unpaired) electrons. The lowest BCUT2D eigenvalue weighted by Gasteiger charge is -2.16. The molecule has 0 amide bonds. The van der Waals surface area contributed by atoms with Crippen molar-refractivity contribution in [2.24, 2.45) is 0 Å². The van der Waals surface area contributed by atoms with Gasteiger partial charge in [0.1, 0.15) is 0 Å². The van der Waals surface area contributed by atoms with Crippen LogP contribution in [0.4, 0.5) is 0 Å². The van der Waals surface area contributed by atoms with Crippen LogP contribution in [0, 0.1) is 0 Å². The van der Waals surface area contributed by atoms with Crippen molar-refractivity contribution in [1.82, 2.24) is 9.13 Å². The minimum atomic E-state index is 1.15. The summed E-state index contributed by atoms with van der Waals surface area (Å²) < 4.78 is 4.77. The average molecular weight is 865 g/mol. The molecule has 0 spiro atoms. The molecule has 0 N–H and O–H groups in total. The van der Waals surface area contributed by atoms with Crippen LogP contribution in [-0.2, 0) is 0 Å². The van der Waals surface area contributed by atoms with E-state index in [0.717, 1.165) is 5.69 Å². The third kappa shape index (κ3) is 6.73. The summed E-state index contributed by atoms with van der Waals surface area (Å²) in [6, 6.07) is 97.4. The minimum Gasteiger partial charge on any atom is -0.309 e. The Morgan fingerprint density at radius 2 is 0.515 bits per heavy atom. The lowest BCUT2D eigenvalue weighted by Crippen LogP contribution is -1.93. The monoisotopic (exact) mass is 864 g/mol. The van der Waals surface area contributed by atoms with Gasteiger partial charge in [-0.2, -0.15) is 0 Å². The topological polar surface area (TPSA) is 9.86 Å². The van der Waals surface area contributed by atoms with Crippen molar-refractivity contribution < 1.29 is 0 Å². The van der Waals surface area contributed by atoms with E-state index in [1.165, 1.54) is 116 Å². The van der Waals surface area contributed by atoms with E-state index in [1.807, 2.05) is 0 Å². The molecule has 0 atom stereocenters. The summed E-state index contributed by atoms with van der Waals surface area (Å²) in [7, 11) is 0. The van der Waals surface area contributed by atoms with Gasteiger partial charge in [-0.25, -0.2) is 0 Å². The minimum absolute atomic E-state index is 1.15. The molecule has 2 nitrogen and oxygen atoms in total. The first-order chi connectivity index (χ1) is 33.7. The SMILES string of the molecule is c1ccc(-c2ccc(-n3c4ccccc4c4cc(-c5cccc(-c6ccccc6-c6ccccc6-c6cccc(-c7ccc8c(c7)c7ccccc7n8-c7ccccc7)c6)c5)ccc43)cc2)cc1. The normalized spacial score (nSPS) is 11.5. The van der Waals surface area contributed by atoms with Crippen LogP contribution in [0.2, 0.25) is 0 Å². The summed E-state index contributed by atoms with van der Waals surface area (Å²) in [5.41, 5.74) is 21.5. The molecule has 11 aromatic carbocycles. The zero-order valence-corrected chi connectivity index (χ0v) is 37.3. The van der Waals surface area contributed by atoms with Gasteiger partial charge in [0, 0.05) is 32.9 Å². The Kier molecular flexibility index (Phi) is 9.54. The van der Waals surface area contributed by atoms with Gasteiger partial charge in [-0.15, -0.1) is 0 Å². The van der Waals surface area contributed by atoms with E-state index in [4.69, 9.17) is 0 Å². The zero-order chi connectivity index (χ0) is 45.0. The second-order valence-corrected chi connectivity index (χ2v) is 17.7. The number of aromatic nitrogens is 2. The molecule has 68 heavy (non-hydrogen) atoms. The third-order valence-electron chi connectivity index (χ3n) is 13.8. The van der Waals surface area contributed by atoms with Crippen LogP contribution in [0.15, 0.2) is 267 Å². The van der Waals surface area contributed by atoms with E-state index >= 15 is 0 Å². The third-order valence-corrected chi connectivity index (χ3v) is 13.8. The summed E-state index contributed by atoms with van der Waals surface area (Å²) in [4.78, 5) is 0. The van der Waals surface area contributed by atoms with E-state index in [0.29, 0.717) is 0 Å². The van der Waals surface area contributed by atoms with Crippen LogP contribution >= 0.6 is 0 Å². The average Bonchev–Trinajstić information content (AvgIpc) is 3.94. The number of para-hydroxylation sites is 3. The summed E-state index contributed by atoms with van der Waals surface area (Å²) in [5, 5.41) is 4.99. The highest BCUT2D eigenvalue weighted by Gasteiger charge is 2.18. The van der Waals surface area contributed by atoms with Crippen LogP contribution in [0.3, 0.4) is 0 Å². The molecule has 2 aromatic heterocycles. The molecule has 0 saturated carbocycles. The van der Waals surface area contributed by atoms with Gasteiger partial charge in [0.05, 0.1) is 22.1 Å². The maximum Gasteiger partial charge on any atom is 0.0541 e. The maximum atomic E-state index is 2.40. The second-order valence-electron chi connectivity index (χ2n) is 17.7. The van der Waals surface area contributed by atoms with Crippen molar-refractivity contribution in [2.75, 3.05) is 0 Å². The first-order valence-electron chi connectivity index (χ1n) is 23.4. The molecule has 0 aliphatic carbocycles. The van der Waals surface area contributed by atoms with Gasteiger partial charge in [0.25, 0.3) is 0 Å². The Hall–Kier alpha value is -8.98. The summed E-state index contributed by atoms with van der Waals surface area (Å²) in [5.74, 6) is 0. The van der Waals surface area contributed by atoms with Crippen LogP contribution in [-0.4, -0.2) is 9.13 Å². The van der Waals surface area contributed by atoms with E-state index in [-0.39, 0.29) is 0 Å². The number of rotatable bonds is 8. The van der Waals surface area contributed by atoms with Gasteiger partial charge in [0.15, 0.2) is 0 Å². The molecule has 0 bridgehead atoms.